The van der Waals surface area contributed by atoms with Crippen LogP contribution in [0.3, 0.4) is 0 Å². The van der Waals surface area contributed by atoms with Crippen molar-refractivity contribution in [3.8, 4) is 12.3 Å². The fraction of sp³-hybridized carbons (Fsp3) is 0.111. The van der Waals surface area contributed by atoms with Gasteiger partial charge in [-0.15, -0.1) is 6.42 Å². The van der Waals surface area contributed by atoms with Crippen LogP contribution in [0, 0.1) is 12.3 Å². The molecule has 0 aliphatic heterocycles. The lowest BCUT2D eigenvalue weighted by Crippen LogP contribution is -2.13. The maximum atomic E-state index is 5.61. The van der Waals surface area contributed by atoms with Crippen LogP contribution in [0.1, 0.15) is 5.56 Å². The Hall–Kier alpha value is -1.82. The maximum Gasteiger partial charge on any atom is 0.126 e. The summed E-state index contributed by atoms with van der Waals surface area (Å²) in [5, 5.41) is 0. The highest BCUT2D eigenvalue weighted by molar-refractivity contribution is 5.97. The number of aliphatic imine (C=N–C) groups is 1. The van der Waals surface area contributed by atoms with Crippen LogP contribution in [-0.2, 0) is 0 Å². The number of pyridine rings is 1. The van der Waals surface area contributed by atoms with Gasteiger partial charge in [0.1, 0.15) is 12.4 Å². The molecular weight excluding hydrogens is 150 g/mol. The minimum absolute atomic E-state index is 0.314. The van der Waals surface area contributed by atoms with Crippen LogP contribution in [-0.4, -0.2) is 17.4 Å². The van der Waals surface area contributed by atoms with Crippen LogP contribution >= 0.6 is 0 Å². The minimum Gasteiger partial charge on any atom is -0.383 e. The molecule has 0 aromatic carbocycles. The molecule has 0 spiro atoms. The first kappa shape index (κ1) is 8.28. The Labute approximate surface area is 71.3 Å². The molecule has 1 aromatic heterocycles. The van der Waals surface area contributed by atoms with Crippen molar-refractivity contribution in [1.82, 2.24) is 4.98 Å². The summed E-state index contributed by atoms with van der Waals surface area (Å²) in [7, 11) is 0. The zero-order valence-corrected chi connectivity index (χ0v) is 6.57. The third kappa shape index (κ3) is 2.10. The van der Waals surface area contributed by atoms with E-state index in [2.05, 4.69) is 15.9 Å². The highest BCUT2D eigenvalue weighted by Gasteiger charge is 1.93. The first-order valence-electron chi connectivity index (χ1n) is 3.48. The minimum atomic E-state index is 0.314. The Bertz CT molecular complexity index is 308. The monoisotopic (exact) mass is 159 g/mol. The van der Waals surface area contributed by atoms with Crippen molar-refractivity contribution in [2.24, 2.45) is 10.7 Å². The van der Waals surface area contributed by atoms with Crippen LogP contribution in [0.4, 0.5) is 0 Å². The van der Waals surface area contributed by atoms with Crippen molar-refractivity contribution < 1.29 is 0 Å². The molecule has 3 heteroatoms. The third-order valence-corrected chi connectivity index (χ3v) is 1.32. The van der Waals surface area contributed by atoms with Crippen LogP contribution in [0.15, 0.2) is 29.5 Å². The predicted octanol–water partition coefficient (Wildman–Crippen LogP) is 0.420. The van der Waals surface area contributed by atoms with Gasteiger partial charge in [-0.05, 0) is 12.1 Å². The Morgan fingerprint density at radius 1 is 1.58 bits per heavy atom. The molecule has 1 rings (SSSR count). The van der Waals surface area contributed by atoms with Crippen molar-refractivity contribution in [1.29, 1.82) is 0 Å². The number of nitrogens with two attached hydrogens (primary N) is 1. The van der Waals surface area contributed by atoms with Gasteiger partial charge in [0.15, 0.2) is 0 Å². The Morgan fingerprint density at radius 3 is 2.83 bits per heavy atom. The molecule has 60 valence electrons. The molecule has 0 aliphatic carbocycles. The van der Waals surface area contributed by atoms with Gasteiger partial charge in [0, 0.05) is 18.0 Å². The normalized spacial score (nSPS) is 10.8. The highest BCUT2D eigenvalue weighted by atomic mass is 14.8. The molecule has 0 atom stereocenters. The van der Waals surface area contributed by atoms with Gasteiger partial charge in [-0.2, -0.15) is 0 Å². The third-order valence-electron chi connectivity index (χ3n) is 1.32. The molecule has 12 heavy (non-hydrogen) atoms. The molecule has 1 heterocycles. The SMILES string of the molecule is C#CCN=C(N)c1ccncc1. The van der Waals surface area contributed by atoms with Gasteiger partial charge in [0.2, 0.25) is 0 Å². The molecule has 0 bridgehead atoms. The lowest BCUT2D eigenvalue weighted by molar-refractivity contribution is 1.25. The molecule has 0 amide bonds. The van der Waals surface area contributed by atoms with E-state index >= 15 is 0 Å². The van der Waals surface area contributed by atoms with Crippen LogP contribution < -0.4 is 5.73 Å². The van der Waals surface area contributed by atoms with Crippen molar-refractivity contribution in [2.45, 2.75) is 0 Å². The van der Waals surface area contributed by atoms with Crippen LogP contribution in [0.25, 0.3) is 0 Å². The zero-order valence-electron chi connectivity index (χ0n) is 6.57. The number of terminal acetylenes is 1. The average molecular weight is 159 g/mol. The number of rotatable bonds is 2. The fourth-order valence-electron chi connectivity index (χ4n) is 0.745. The summed E-state index contributed by atoms with van der Waals surface area (Å²) < 4.78 is 0. The summed E-state index contributed by atoms with van der Waals surface area (Å²) in [4.78, 5) is 7.80. The van der Waals surface area contributed by atoms with Gasteiger partial charge in [-0.25, -0.2) is 0 Å². The van der Waals surface area contributed by atoms with Gasteiger partial charge in [0.25, 0.3) is 0 Å². The van der Waals surface area contributed by atoms with Crippen molar-refractivity contribution >= 4 is 5.84 Å². The second-order valence-electron chi connectivity index (χ2n) is 2.14. The van der Waals surface area contributed by atoms with E-state index in [4.69, 9.17) is 12.2 Å². The average Bonchev–Trinajstić information content (AvgIpc) is 2.15. The van der Waals surface area contributed by atoms with Crippen molar-refractivity contribution in [2.75, 3.05) is 6.54 Å². The van der Waals surface area contributed by atoms with E-state index in [1.54, 1.807) is 24.5 Å². The molecule has 0 unspecified atom stereocenters. The Balaban J connectivity index is 2.79. The number of aromatic nitrogens is 1. The van der Waals surface area contributed by atoms with E-state index in [0.29, 0.717) is 12.4 Å². The second-order valence-corrected chi connectivity index (χ2v) is 2.14. The number of hydrogen-bond donors (Lipinski definition) is 1. The van der Waals surface area contributed by atoms with Crippen LogP contribution in [0.5, 0.6) is 0 Å². The molecular formula is C9H9N3. The largest absolute Gasteiger partial charge is 0.383 e. The van der Waals surface area contributed by atoms with Crippen LogP contribution in [0.2, 0.25) is 0 Å². The standard InChI is InChI=1S/C9H9N3/c1-2-5-12-9(10)8-3-6-11-7-4-8/h1,3-4,6-7H,5H2,(H2,10,12). The fourth-order valence-corrected chi connectivity index (χ4v) is 0.745. The summed E-state index contributed by atoms with van der Waals surface area (Å²) in [5.74, 6) is 2.84. The Kier molecular flexibility index (Phi) is 2.86. The second kappa shape index (κ2) is 4.14. The van der Waals surface area contributed by atoms with E-state index in [1.165, 1.54) is 0 Å². The van der Waals surface area contributed by atoms with Crippen molar-refractivity contribution in [3.63, 3.8) is 0 Å². The molecule has 1 aromatic rings. The number of amidine groups is 1. The summed E-state index contributed by atoms with van der Waals surface area (Å²) in [6.07, 6.45) is 8.35. The summed E-state index contributed by atoms with van der Waals surface area (Å²) in [6, 6.07) is 3.57. The number of hydrogen-bond acceptors (Lipinski definition) is 2. The van der Waals surface area contributed by atoms with Gasteiger partial charge in [0.05, 0.1) is 0 Å². The maximum absolute atomic E-state index is 5.61. The van der Waals surface area contributed by atoms with Gasteiger partial charge in [-0.1, -0.05) is 5.92 Å². The molecule has 0 radical (unpaired) electrons. The molecule has 0 fully saturated rings. The highest BCUT2D eigenvalue weighted by Crippen LogP contribution is 1.94. The molecule has 0 aliphatic rings. The molecule has 0 saturated heterocycles. The lowest BCUT2D eigenvalue weighted by atomic mass is 10.2. The lowest BCUT2D eigenvalue weighted by Gasteiger charge is -1.97. The topological polar surface area (TPSA) is 51.3 Å². The number of nitrogens with zero attached hydrogens (tertiary/aromatic N) is 2. The van der Waals surface area contributed by atoms with Crippen molar-refractivity contribution in [3.05, 3.63) is 30.1 Å². The predicted molar refractivity (Wildman–Crippen MR) is 48.7 cm³/mol. The summed E-state index contributed by atoms with van der Waals surface area (Å²) >= 11 is 0. The summed E-state index contributed by atoms with van der Waals surface area (Å²) in [5.41, 5.74) is 6.46. The quantitative estimate of drug-likeness (QED) is 0.386. The zero-order chi connectivity index (χ0) is 8.81. The van der Waals surface area contributed by atoms with Gasteiger partial charge < -0.3 is 5.73 Å². The van der Waals surface area contributed by atoms with E-state index in [0.717, 1.165) is 5.56 Å². The molecule has 0 saturated carbocycles. The summed E-state index contributed by atoms with van der Waals surface area (Å²) in [6.45, 7) is 0.314. The smallest absolute Gasteiger partial charge is 0.126 e. The van der Waals surface area contributed by atoms with E-state index in [9.17, 15) is 0 Å². The molecule has 2 N–H and O–H groups in total. The van der Waals surface area contributed by atoms with E-state index < -0.39 is 0 Å². The Morgan fingerprint density at radius 2 is 2.25 bits per heavy atom. The first-order chi connectivity index (χ1) is 5.84. The molecule has 3 nitrogen and oxygen atoms in total. The van der Waals surface area contributed by atoms with E-state index in [1.807, 2.05) is 0 Å². The van der Waals surface area contributed by atoms with Gasteiger partial charge in [-0.3, -0.25) is 9.98 Å². The van der Waals surface area contributed by atoms with E-state index in [-0.39, 0.29) is 0 Å². The van der Waals surface area contributed by atoms with Gasteiger partial charge >= 0.3 is 0 Å². The first-order valence-corrected chi connectivity index (χ1v) is 3.48.